The van der Waals surface area contributed by atoms with Crippen LogP contribution in [0.5, 0.6) is 5.75 Å². The molecule has 0 bridgehead atoms. The number of aryl methyl sites for hydroxylation is 3. The van der Waals surface area contributed by atoms with Crippen LogP contribution in [0.4, 0.5) is 5.82 Å². The van der Waals surface area contributed by atoms with Crippen LogP contribution in [0.2, 0.25) is 0 Å². The van der Waals surface area contributed by atoms with Crippen molar-refractivity contribution in [3.63, 3.8) is 0 Å². The summed E-state index contributed by atoms with van der Waals surface area (Å²) >= 11 is 0. The van der Waals surface area contributed by atoms with Crippen molar-refractivity contribution < 1.29 is 9.53 Å². The van der Waals surface area contributed by atoms with E-state index in [0.29, 0.717) is 6.42 Å². The number of Topliss-reactive ketones (excluding diaryl/α,β-unsaturated/α-hetero) is 1. The molecule has 1 aromatic carbocycles. The van der Waals surface area contributed by atoms with E-state index in [1.807, 2.05) is 12.1 Å². The third-order valence-corrected chi connectivity index (χ3v) is 5.39. The molecule has 0 radical (unpaired) electrons. The molecule has 0 amide bonds. The Hall–Kier alpha value is -2.43. The fourth-order valence-electron chi connectivity index (χ4n) is 3.76. The van der Waals surface area contributed by atoms with Gasteiger partial charge >= 0.3 is 0 Å². The summed E-state index contributed by atoms with van der Waals surface area (Å²) < 4.78 is 5.66. The number of carbonyl (C=O) groups is 1. The number of anilines is 1. The number of aromatic nitrogens is 2. The highest BCUT2D eigenvalue weighted by Crippen LogP contribution is 2.37. The van der Waals surface area contributed by atoms with Crippen molar-refractivity contribution in [2.24, 2.45) is 0 Å². The summed E-state index contributed by atoms with van der Waals surface area (Å²) in [7, 11) is 1.67. The van der Waals surface area contributed by atoms with Crippen LogP contribution >= 0.6 is 0 Å². The van der Waals surface area contributed by atoms with Crippen molar-refractivity contribution in [1.29, 1.82) is 0 Å². The van der Waals surface area contributed by atoms with Crippen LogP contribution in [0, 0.1) is 0 Å². The van der Waals surface area contributed by atoms with E-state index >= 15 is 0 Å². The van der Waals surface area contributed by atoms with Crippen LogP contribution < -0.4 is 10.1 Å². The summed E-state index contributed by atoms with van der Waals surface area (Å²) in [5.41, 5.74) is 5.46. The first kappa shape index (κ1) is 20.3. The van der Waals surface area contributed by atoms with E-state index in [-0.39, 0.29) is 5.78 Å². The summed E-state index contributed by atoms with van der Waals surface area (Å²) in [6.45, 7) is 7.30. The lowest BCUT2D eigenvalue weighted by Crippen LogP contribution is -2.11. The molecule has 1 aliphatic rings. The van der Waals surface area contributed by atoms with E-state index < -0.39 is 0 Å². The third kappa shape index (κ3) is 4.03. The number of rotatable bonds is 9. The van der Waals surface area contributed by atoms with Gasteiger partial charge in [-0.2, -0.15) is 0 Å². The zero-order valence-electron chi connectivity index (χ0n) is 17.5. The first-order chi connectivity index (χ1) is 13.6. The minimum atomic E-state index is 0.204. The van der Waals surface area contributed by atoms with Gasteiger partial charge in [0.15, 0.2) is 5.78 Å². The Balaban J connectivity index is 2.04. The monoisotopic (exact) mass is 381 g/mol. The predicted octanol–water partition coefficient (Wildman–Crippen LogP) is 5.01. The highest BCUT2D eigenvalue weighted by atomic mass is 16.5. The Bertz CT molecular complexity index is 861. The van der Waals surface area contributed by atoms with Gasteiger partial charge in [0.25, 0.3) is 0 Å². The number of benzene rings is 1. The standard InChI is InChI=1S/C23H31N3O2/c1-5-8-9-12-24-23-19(7-3)25-22(18(6-2)26-23)17-14-16-15(10-11-20(16)27)13-21(17)28-4/h13-14H,5-12H2,1-4H3,(H,24,26). The number of nitrogens with one attached hydrogen (secondary N) is 1. The van der Waals surface area contributed by atoms with Crippen LogP contribution in [0.3, 0.4) is 0 Å². The molecule has 1 aromatic heterocycles. The number of ether oxygens (including phenoxy) is 1. The van der Waals surface area contributed by atoms with E-state index in [2.05, 4.69) is 26.1 Å². The zero-order chi connectivity index (χ0) is 20.1. The van der Waals surface area contributed by atoms with E-state index in [0.717, 1.165) is 77.6 Å². The summed E-state index contributed by atoms with van der Waals surface area (Å²) in [5.74, 6) is 1.86. The summed E-state index contributed by atoms with van der Waals surface area (Å²) in [6.07, 6.45) is 6.47. The molecule has 5 nitrogen and oxygen atoms in total. The minimum Gasteiger partial charge on any atom is -0.496 e. The zero-order valence-corrected chi connectivity index (χ0v) is 17.5. The molecule has 5 heteroatoms. The second-order valence-electron chi connectivity index (χ2n) is 7.29. The van der Waals surface area contributed by atoms with Gasteiger partial charge in [-0.1, -0.05) is 33.6 Å². The topological polar surface area (TPSA) is 64.1 Å². The molecule has 0 saturated heterocycles. The lowest BCUT2D eigenvalue weighted by molar-refractivity contribution is 0.0994. The molecule has 3 rings (SSSR count). The molecular weight excluding hydrogens is 350 g/mol. The van der Waals surface area contributed by atoms with Crippen molar-refractivity contribution in [2.45, 2.75) is 65.7 Å². The van der Waals surface area contributed by atoms with Crippen LogP contribution in [0.25, 0.3) is 11.3 Å². The molecule has 28 heavy (non-hydrogen) atoms. The number of unbranched alkanes of at least 4 members (excludes halogenated alkanes) is 2. The van der Waals surface area contributed by atoms with E-state index in [9.17, 15) is 4.79 Å². The second-order valence-corrected chi connectivity index (χ2v) is 7.29. The van der Waals surface area contributed by atoms with Crippen molar-refractivity contribution in [2.75, 3.05) is 19.0 Å². The van der Waals surface area contributed by atoms with Crippen LogP contribution in [-0.4, -0.2) is 29.4 Å². The predicted molar refractivity (Wildman–Crippen MR) is 113 cm³/mol. The molecule has 1 N–H and O–H groups in total. The molecule has 0 unspecified atom stereocenters. The normalized spacial score (nSPS) is 12.9. The molecular formula is C23H31N3O2. The summed E-state index contributed by atoms with van der Waals surface area (Å²) in [4.78, 5) is 22.1. The highest BCUT2D eigenvalue weighted by molar-refractivity contribution is 6.02. The number of nitrogens with zero attached hydrogens (tertiary/aromatic N) is 2. The Morgan fingerprint density at radius 3 is 2.46 bits per heavy atom. The number of fused-ring (bicyclic) bond motifs is 1. The number of hydrogen-bond donors (Lipinski definition) is 1. The van der Waals surface area contributed by atoms with Crippen LogP contribution in [-0.2, 0) is 19.3 Å². The van der Waals surface area contributed by atoms with Gasteiger partial charge in [-0.15, -0.1) is 0 Å². The van der Waals surface area contributed by atoms with Crippen molar-refractivity contribution in [1.82, 2.24) is 9.97 Å². The van der Waals surface area contributed by atoms with Gasteiger partial charge in [0, 0.05) is 24.1 Å². The average Bonchev–Trinajstić information content (AvgIpc) is 3.09. The van der Waals surface area contributed by atoms with Crippen molar-refractivity contribution in [3.05, 3.63) is 34.6 Å². The Morgan fingerprint density at radius 1 is 1.00 bits per heavy atom. The van der Waals surface area contributed by atoms with Crippen molar-refractivity contribution >= 4 is 11.6 Å². The lowest BCUT2D eigenvalue weighted by Gasteiger charge is -2.17. The van der Waals surface area contributed by atoms with Gasteiger partial charge < -0.3 is 10.1 Å². The summed E-state index contributed by atoms with van der Waals surface area (Å²) in [5, 5.41) is 3.47. The maximum Gasteiger partial charge on any atom is 0.163 e. The SMILES string of the molecule is CCCCCNc1nc(CC)c(-c2cc3c(cc2OC)CCC3=O)nc1CC. The lowest BCUT2D eigenvalue weighted by atomic mass is 10.00. The molecule has 2 aromatic rings. The minimum absolute atomic E-state index is 0.204. The maximum atomic E-state index is 12.3. The first-order valence-corrected chi connectivity index (χ1v) is 10.5. The molecule has 0 fully saturated rings. The Kier molecular flexibility index (Phi) is 6.65. The largest absolute Gasteiger partial charge is 0.496 e. The maximum absolute atomic E-state index is 12.3. The number of carbonyl (C=O) groups excluding carboxylic acids is 1. The average molecular weight is 382 g/mol. The smallest absolute Gasteiger partial charge is 0.163 e. The third-order valence-electron chi connectivity index (χ3n) is 5.39. The molecule has 0 atom stereocenters. The van der Waals surface area contributed by atoms with Gasteiger partial charge in [-0.25, -0.2) is 9.97 Å². The number of methoxy groups -OCH3 is 1. The van der Waals surface area contributed by atoms with Gasteiger partial charge in [-0.05, 0) is 43.4 Å². The Labute approximate surface area is 167 Å². The van der Waals surface area contributed by atoms with E-state index in [1.54, 1.807) is 7.11 Å². The quantitative estimate of drug-likeness (QED) is 0.619. The fourth-order valence-corrected chi connectivity index (χ4v) is 3.76. The Morgan fingerprint density at radius 2 is 1.79 bits per heavy atom. The van der Waals surface area contributed by atoms with Gasteiger partial charge in [0.05, 0.1) is 24.2 Å². The van der Waals surface area contributed by atoms with Crippen LogP contribution in [0.1, 0.15) is 73.8 Å². The molecule has 1 aliphatic carbocycles. The van der Waals surface area contributed by atoms with E-state index in [4.69, 9.17) is 14.7 Å². The van der Waals surface area contributed by atoms with Crippen molar-refractivity contribution in [3.8, 4) is 17.0 Å². The fraction of sp³-hybridized carbons (Fsp3) is 0.522. The van der Waals surface area contributed by atoms with Crippen LogP contribution in [0.15, 0.2) is 12.1 Å². The van der Waals surface area contributed by atoms with Gasteiger partial charge in [0.1, 0.15) is 11.6 Å². The molecule has 150 valence electrons. The summed E-state index contributed by atoms with van der Waals surface area (Å²) in [6, 6.07) is 3.96. The first-order valence-electron chi connectivity index (χ1n) is 10.5. The highest BCUT2D eigenvalue weighted by Gasteiger charge is 2.24. The van der Waals surface area contributed by atoms with Gasteiger partial charge in [0.2, 0.25) is 0 Å². The molecule has 1 heterocycles. The van der Waals surface area contributed by atoms with E-state index in [1.165, 1.54) is 12.8 Å². The number of hydrogen-bond acceptors (Lipinski definition) is 5. The molecule has 0 spiro atoms. The van der Waals surface area contributed by atoms with Gasteiger partial charge in [-0.3, -0.25) is 4.79 Å². The number of ketones is 1. The molecule has 0 aliphatic heterocycles. The second kappa shape index (κ2) is 9.18. The molecule has 0 saturated carbocycles.